The van der Waals surface area contributed by atoms with E-state index in [0.29, 0.717) is 10.2 Å². The normalized spacial score (nSPS) is 11.3. The van der Waals surface area contributed by atoms with Crippen LogP contribution in [-0.2, 0) is 14.8 Å². The Morgan fingerprint density at radius 3 is 2.64 bits per heavy atom. The number of aryl methyl sites for hydroxylation is 1. The van der Waals surface area contributed by atoms with Crippen LogP contribution in [-0.4, -0.2) is 34.6 Å². The molecule has 6 nitrogen and oxygen atoms in total. The number of methoxy groups -OCH3 is 1. The predicted octanol–water partition coefficient (Wildman–Crippen LogP) is 2.93. The molecule has 0 atom stereocenters. The number of benzene rings is 2. The fraction of sp³-hybridized carbons (Fsp3) is 0.235. The van der Waals surface area contributed by atoms with Crippen molar-refractivity contribution in [3.63, 3.8) is 0 Å². The number of rotatable bonds is 7. The first-order valence-electron chi connectivity index (χ1n) is 7.49. The van der Waals surface area contributed by atoms with Gasteiger partial charge in [-0.25, -0.2) is 13.1 Å². The summed E-state index contributed by atoms with van der Waals surface area (Å²) < 4.78 is 32.3. The molecule has 2 aromatic rings. The maximum Gasteiger partial charge on any atom is 0.256 e. The Morgan fingerprint density at radius 1 is 1.20 bits per heavy atom. The number of anilines is 1. The summed E-state index contributed by atoms with van der Waals surface area (Å²) in [5.41, 5.74) is 1.88. The van der Waals surface area contributed by atoms with Gasteiger partial charge in [0.05, 0.1) is 17.1 Å². The molecule has 0 saturated carbocycles. The van der Waals surface area contributed by atoms with E-state index in [-0.39, 0.29) is 23.6 Å². The fourth-order valence-corrected chi connectivity index (χ4v) is 3.59. The van der Waals surface area contributed by atoms with Crippen LogP contribution < -0.4 is 10.0 Å². The van der Waals surface area contributed by atoms with E-state index in [4.69, 9.17) is 4.74 Å². The molecule has 25 heavy (non-hydrogen) atoms. The van der Waals surface area contributed by atoms with Gasteiger partial charge in [0.2, 0.25) is 10.0 Å². The second kappa shape index (κ2) is 8.57. The number of hydrogen-bond acceptors (Lipinski definition) is 4. The third-order valence-electron chi connectivity index (χ3n) is 3.37. The first-order chi connectivity index (χ1) is 11.8. The van der Waals surface area contributed by atoms with E-state index in [1.807, 2.05) is 25.1 Å². The quantitative estimate of drug-likeness (QED) is 0.666. The molecule has 0 aliphatic rings. The van der Waals surface area contributed by atoms with Crippen molar-refractivity contribution in [2.24, 2.45) is 0 Å². The number of halogens is 1. The van der Waals surface area contributed by atoms with Crippen LogP contribution in [0.5, 0.6) is 0 Å². The SMILES string of the molecule is COCCNS(=O)(=O)c1ccc(Br)c(C(=O)Nc2cccc(C)c2)c1. The molecule has 2 N–H and O–H groups in total. The summed E-state index contributed by atoms with van der Waals surface area (Å²) in [5, 5.41) is 2.77. The molecule has 134 valence electrons. The van der Waals surface area contributed by atoms with Crippen molar-refractivity contribution < 1.29 is 17.9 Å². The Balaban J connectivity index is 2.25. The molecule has 0 unspecified atom stereocenters. The van der Waals surface area contributed by atoms with Gasteiger partial charge >= 0.3 is 0 Å². The Labute approximate surface area is 155 Å². The highest BCUT2D eigenvalue weighted by atomic mass is 79.9. The average molecular weight is 427 g/mol. The van der Waals surface area contributed by atoms with Gasteiger partial charge in [0.15, 0.2) is 0 Å². The summed E-state index contributed by atoms with van der Waals surface area (Å²) in [5.74, 6) is -0.397. The molecule has 2 aromatic carbocycles. The minimum Gasteiger partial charge on any atom is -0.383 e. The summed E-state index contributed by atoms with van der Waals surface area (Å²) in [4.78, 5) is 12.5. The lowest BCUT2D eigenvalue weighted by Crippen LogP contribution is -2.27. The number of carbonyl (C=O) groups is 1. The van der Waals surface area contributed by atoms with Gasteiger partial charge in [-0.3, -0.25) is 4.79 Å². The molecule has 1 amide bonds. The largest absolute Gasteiger partial charge is 0.383 e. The van der Waals surface area contributed by atoms with Crippen LogP contribution in [0.25, 0.3) is 0 Å². The lowest BCUT2D eigenvalue weighted by Gasteiger charge is -2.11. The zero-order chi connectivity index (χ0) is 18.4. The first-order valence-corrected chi connectivity index (χ1v) is 9.77. The zero-order valence-corrected chi connectivity index (χ0v) is 16.3. The number of sulfonamides is 1. The van der Waals surface area contributed by atoms with Gasteiger partial charge in [-0.1, -0.05) is 12.1 Å². The number of nitrogens with one attached hydrogen (secondary N) is 2. The molecular weight excluding hydrogens is 408 g/mol. The number of ether oxygens (including phenoxy) is 1. The first kappa shape index (κ1) is 19.6. The Bertz CT molecular complexity index is 869. The molecule has 0 aliphatic carbocycles. The second-order valence-corrected chi connectivity index (χ2v) is 7.98. The van der Waals surface area contributed by atoms with Crippen LogP contribution >= 0.6 is 15.9 Å². The van der Waals surface area contributed by atoms with Crippen molar-refractivity contribution in [3.8, 4) is 0 Å². The van der Waals surface area contributed by atoms with Crippen LogP contribution in [0.4, 0.5) is 5.69 Å². The third kappa shape index (κ3) is 5.37. The zero-order valence-electron chi connectivity index (χ0n) is 13.9. The van der Waals surface area contributed by atoms with Crippen LogP contribution in [0.3, 0.4) is 0 Å². The number of carbonyl (C=O) groups excluding carboxylic acids is 1. The number of hydrogen-bond donors (Lipinski definition) is 2. The molecular formula is C17H19BrN2O4S. The minimum atomic E-state index is -3.72. The highest BCUT2D eigenvalue weighted by Gasteiger charge is 2.18. The maximum absolute atomic E-state index is 12.5. The summed E-state index contributed by atoms with van der Waals surface area (Å²) in [6.07, 6.45) is 0. The van der Waals surface area contributed by atoms with Gasteiger partial charge in [0.1, 0.15) is 0 Å². The third-order valence-corrected chi connectivity index (χ3v) is 5.52. The van der Waals surface area contributed by atoms with Crippen LogP contribution in [0.1, 0.15) is 15.9 Å². The smallest absolute Gasteiger partial charge is 0.256 e. The molecule has 0 spiro atoms. The lowest BCUT2D eigenvalue weighted by molar-refractivity contribution is 0.102. The van der Waals surface area contributed by atoms with E-state index in [9.17, 15) is 13.2 Å². The lowest BCUT2D eigenvalue weighted by atomic mass is 10.2. The van der Waals surface area contributed by atoms with Crippen molar-refractivity contribution in [3.05, 3.63) is 58.1 Å². The topological polar surface area (TPSA) is 84.5 Å². The monoisotopic (exact) mass is 426 g/mol. The van der Waals surface area contributed by atoms with E-state index in [1.165, 1.54) is 25.3 Å². The molecule has 0 bridgehead atoms. The summed E-state index contributed by atoms with van der Waals surface area (Å²) in [7, 11) is -2.23. The minimum absolute atomic E-state index is 0.0150. The van der Waals surface area contributed by atoms with Gasteiger partial charge in [0, 0.05) is 23.8 Å². The Morgan fingerprint density at radius 2 is 1.96 bits per heavy atom. The van der Waals surface area contributed by atoms with E-state index >= 15 is 0 Å². The summed E-state index contributed by atoms with van der Waals surface area (Å²) in [6, 6.07) is 11.7. The van der Waals surface area contributed by atoms with Gasteiger partial charge < -0.3 is 10.1 Å². The van der Waals surface area contributed by atoms with Crippen molar-refractivity contribution in [1.82, 2.24) is 4.72 Å². The van der Waals surface area contributed by atoms with Crippen LogP contribution in [0.15, 0.2) is 51.8 Å². The van der Waals surface area contributed by atoms with Gasteiger partial charge in [0.25, 0.3) is 5.91 Å². The summed E-state index contributed by atoms with van der Waals surface area (Å²) >= 11 is 3.29. The van der Waals surface area contributed by atoms with Crippen molar-refractivity contribution in [2.75, 3.05) is 25.6 Å². The van der Waals surface area contributed by atoms with Crippen molar-refractivity contribution in [2.45, 2.75) is 11.8 Å². The van der Waals surface area contributed by atoms with Crippen molar-refractivity contribution in [1.29, 1.82) is 0 Å². The molecule has 0 aromatic heterocycles. The average Bonchev–Trinajstić information content (AvgIpc) is 2.55. The van der Waals surface area contributed by atoms with E-state index in [0.717, 1.165) is 5.56 Å². The fourth-order valence-electron chi connectivity index (χ4n) is 2.13. The number of amides is 1. The Hall–Kier alpha value is -1.74. The summed E-state index contributed by atoms with van der Waals surface area (Å²) in [6.45, 7) is 2.33. The second-order valence-electron chi connectivity index (χ2n) is 5.36. The standard InChI is InChI=1S/C17H19BrN2O4S/c1-12-4-3-5-13(10-12)20-17(21)15-11-14(6-7-16(15)18)25(22,23)19-8-9-24-2/h3-7,10-11,19H,8-9H2,1-2H3,(H,20,21). The van der Waals surface area contributed by atoms with E-state index in [2.05, 4.69) is 26.0 Å². The molecule has 2 rings (SSSR count). The predicted molar refractivity (Wildman–Crippen MR) is 100 cm³/mol. The van der Waals surface area contributed by atoms with E-state index < -0.39 is 15.9 Å². The Kier molecular flexibility index (Phi) is 6.71. The van der Waals surface area contributed by atoms with E-state index in [1.54, 1.807) is 6.07 Å². The molecule has 0 fully saturated rings. The van der Waals surface area contributed by atoms with Crippen molar-refractivity contribution >= 4 is 37.5 Å². The van der Waals surface area contributed by atoms with Gasteiger partial charge in [-0.2, -0.15) is 0 Å². The van der Waals surface area contributed by atoms with Crippen LogP contribution in [0.2, 0.25) is 0 Å². The van der Waals surface area contributed by atoms with Crippen LogP contribution in [0, 0.1) is 6.92 Å². The highest BCUT2D eigenvalue weighted by Crippen LogP contribution is 2.22. The highest BCUT2D eigenvalue weighted by molar-refractivity contribution is 9.10. The molecule has 0 radical (unpaired) electrons. The molecule has 0 saturated heterocycles. The maximum atomic E-state index is 12.5. The molecule has 0 heterocycles. The van der Waals surface area contributed by atoms with Gasteiger partial charge in [-0.15, -0.1) is 0 Å². The van der Waals surface area contributed by atoms with Gasteiger partial charge in [-0.05, 0) is 58.7 Å². The molecule has 0 aliphatic heterocycles. The molecule has 8 heteroatoms.